The summed E-state index contributed by atoms with van der Waals surface area (Å²) in [7, 11) is 0. The number of nitrogens with zero attached hydrogens (tertiary/aromatic N) is 2. The Balaban J connectivity index is 1.79. The van der Waals surface area contributed by atoms with Crippen LogP contribution in [0.15, 0.2) is 30.3 Å². The maximum atomic E-state index is 12.1. The summed E-state index contributed by atoms with van der Waals surface area (Å²) < 4.78 is 4.92. The fourth-order valence-corrected chi connectivity index (χ4v) is 2.37. The van der Waals surface area contributed by atoms with Crippen molar-refractivity contribution < 1.29 is 19.4 Å². The summed E-state index contributed by atoms with van der Waals surface area (Å²) in [5, 5.41) is 9.22. The Morgan fingerprint density at radius 3 is 2.43 bits per heavy atom. The van der Waals surface area contributed by atoms with E-state index in [2.05, 4.69) is 0 Å². The van der Waals surface area contributed by atoms with Crippen LogP contribution in [0.4, 0.5) is 0 Å². The summed E-state index contributed by atoms with van der Waals surface area (Å²) in [4.78, 5) is 27.3. The number of carbonyl (C=O) groups excluding carboxylic acids is 2. The molecule has 1 amide bonds. The highest BCUT2D eigenvalue weighted by Crippen LogP contribution is 2.11. The molecule has 1 aromatic rings. The lowest BCUT2D eigenvalue weighted by atomic mass is 10.2. The van der Waals surface area contributed by atoms with Gasteiger partial charge in [-0.05, 0) is 30.7 Å². The van der Waals surface area contributed by atoms with Crippen LogP contribution in [0.2, 0.25) is 0 Å². The molecule has 0 saturated carbocycles. The molecular weight excluding hydrogens is 296 g/mol. The molecule has 6 heteroatoms. The minimum Gasteiger partial charge on any atom is -0.508 e. The minimum absolute atomic E-state index is 0.0474. The molecule has 0 radical (unpaired) electrons. The quantitative estimate of drug-likeness (QED) is 0.650. The Hall–Kier alpha value is -2.34. The van der Waals surface area contributed by atoms with Gasteiger partial charge in [-0.1, -0.05) is 12.1 Å². The van der Waals surface area contributed by atoms with Crippen LogP contribution in [0.1, 0.15) is 12.5 Å². The molecule has 6 nitrogen and oxygen atoms in total. The van der Waals surface area contributed by atoms with Crippen LogP contribution in [-0.2, 0) is 14.3 Å². The monoisotopic (exact) mass is 318 g/mol. The summed E-state index contributed by atoms with van der Waals surface area (Å²) >= 11 is 0. The average molecular weight is 318 g/mol. The second-order valence-electron chi connectivity index (χ2n) is 5.33. The van der Waals surface area contributed by atoms with E-state index in [-0.39, 0.29) is 24.2 Å². The van der Waals surface area contributed by atoms with Crippen LogP contribution in [-0.4, -0.2) is 66.1 Å². The van der Waals surface area contributed by atoms with E-state index >= 15 is 0 Å². The highest BCUT2D eigenvalue weighted by atomic mass is 16.5. The van der Waals surface area contributed by atoms with E-state index in [4.69, 9.17) is 4.74 Å². The smallest absolute Gasteiger partial charge is 0.320 e. The normalized spacial score (nSPS) is 15.8. The molecule has 124 valence electrons. The van der Waals surface area contributed by atoms with E-state index in [1.54, 1.807) is 42.2 Å². The van der Waals surface area contributed by atoms with E-state index in [1.807, 2.05) is 4.90 Å². The number of phenols is 1. The van der Waals surface area contributed by atoms with Crippen molar-refractivity contribution in [1.29, 1.82) is 0 Å². The topological polar surface area (TPSA) is 70.1 Å². The number of amides is 1. The Morgan fingerprint density at radius 2 is 1.83 bits per heavy atom. The van der Waals surface area contributed by atoms with Crippen molar-refractivity contribution in [3.05, 3.63) is 35.9 Å². The van der Waals surface area contributed by atoms with Gasteiger partial charge in [0.2, 0.25) is 5.91 Å². The molecule has 0 aliphatic carbocycles. The van der Waals surface area contributed by atoms with Crippen LogP contribution >= 0.6 is 0 Å². The predicted octanol–water partition coefficient (Wildman–Crippen LogP) is 1.11. The van der Waals surface area contributed by atoms with Gasteiger partial charge in [-0.2, -0.15) is 0 Å². The number of hydrogen-bond acceptors (Lipinski definition) is 5. The molecule has 1 aliphatic heterocycles. The van der Waals surface area contributed by atoms with Gasteiger partial charge in [0.05, 0.1) is 13.2 Å². The molecule has 0 atom stereocenters. The Bertz CT molecular complexity index is 560. The van der Waals surface area contributed by atoms with Crippen molar-refractivity contribution in [1.82, 2.24) is 9.80 Å². The first-order chi connectivity index (χ1) is 11.1. The van der Waals surface area contributed by atoms with Crippen molar-refractivity contribution >= 4 is 18.0 Å². The lowest BCUT2D eigenvalue weighted by Gasteiger charge is -2.33. The highest BCUT2D eigenvalue weighted by Gasteiger charge is 2.21. The van der Waals surface area contributed by atoms with Crippen LogP contribution in [0.5, 0.6) is 5.75 Å². The molecule has 1 saturated heterocycles. The third-order valence-electron chi connectivity index (χ3n) is 3.65. The van der Waals surface area contributed by atoms with Gasteiger partial charge in [0.15, 0.2) is 0 Å². The van der Waals surface area contributed by atoms with Gasteiger partial charge in [-0.3, -0.25) is 14.5 Å². The summed E-state index contributed by atoms with van der Waals surface area (Å²) in [5.41, 5.74) is 0.858. The van der Waals surface area contributed by atoms with Crippen LogP contribution < -0.4 is 0 Å². The summed E-state index contributed by atoms with van der Waals surface area (Å²) in [6, 6.07) is 6.66. The molecule has 0 spiro atoms. The number of piperazine rings is 1. The molecule has 0 aromatic heterocycles. The van der Waals surface area contributed by atoms with Gasteiger partial charge >= 0.3 is 5.97 Å². The second-order valence-corrected chi connectivity index (χ2v) is 5.33. The lowest BCUT2D eigenvalue weighted by Crippen LogP contribution is -2.49. The van der Waals surface area contributed by atoms with Gasteiger partial charge < -0.3 is 14.7 Å². The largest absolute Gasteiger partial charge is 0.508 e. The Morgan fingerprint density at radius 1 is 1.17 bits per heavy atom. The maximum Gasteiger partial charge on any atom is 0.320 e. The summed E-state index contributed by atoms with van der Waals surface area (Å²) in [6.07, 6.45) is 3.26. The van der Waals surface area contributed by atoms with E-state index in [0.717, 1.165) is 5.56 Å². The predicted molar refractivity (Wildman–Crippen MR) is 86.8 cm³/mol. The zero-order chi connectivity index (χ0) is 16.7. The fraction of sp³-hybridized carbons (Fsp3) is 0.412. The number of rotatable bonds is 5. The molecule has 1 aliphatic rings. The first-order valence-corrected chi connectivity index (χ1v) is 7.72. The number of ether oxygens (including phenoxy) is 1. The van der Waals surface area contributed by atoms with E-state index in [9.17, 15) is 14.7 Å². The number of esters is 1. The fourth-order valence-electron chi connectivity index (χ4n) is 2.37. The average Bonchev–Trinajstić information content (AvgIpc) is 2.55. The minimum atomic E-state index is -0.223. The van der Waals surface area contributed by atoms with Gasteiger partial charge in [0.1, 0.15) is 5.75 Å². The number of aromatic hydroxyl groups is 1. The molecule has 0 bridgehead atoms. The number of carbonyl (C=O) groups is 2. The zero-order valence-electron chi connectivity index (χ0n) is 13.3. The van der Waals surface area contributed by atoms with E-state index in [0.29, 0.717) is 32.8 Å². The summed E-state index contributed by atoms with van der Waals surface area (Å²) in [6.45, 7) is 4.97. The van der Waals surface area contributed by atoms with Crippen molar-refractivity contribution in [2.45, 2.75) is 6.92 Å². The van der Waals surface area contributed by atoms with Crippen LogP contribution in [0.25, 0.3) is 6.08 Å². The summed E-state index contributed by atoms with van der Waals surface area (Å²) in [5.74, 6) is -0.0699. The molecule has 1 heterocycles. The second kappa shape index (κ2) is 8.33. The zero-order valence-corrected chi connectivity index (χ0v) is 13.3. The maximum absolute atomic E-state index is 12.1. The molecule has 23 heavy (non-hydrogen) atoms. The molecule has 1 aromatic carbocycles. The third kappa shape index (κ3) is 5.41. The Labute approximate surface area is 136 Å². The van der Waals surface area contributed by atoms with Gasteiger partial charge in [0, 0.05) is 32.3 Å². The number of phenolic OH excluding ortho intramolecular Hbond substituents is 1. The molecule has 2 rings (SSSR count). The number of benzene rings is 1. The number of hydrogen-bond donors (Lipinski definition) is 1. The van der Waals surface area contributed by atoms with Crippen molar-refractivity contribution in [2.24, 2.45) is 0 Å². The molecular formula is C17H22N2O4. The first kappa shape index (κ1) is 17.0. The van der Waals surface area contributed by atoms with Gasteiger partial charge in [0.25, 0.3) is 0 Å². The van der Waals surface area contributed by atoms with Crippen molar-refractivity contribution in [3.63, 3.8) is 0 Å². The van der Waals surface area contributed by atoms with Crippen LogP contribution in [0, 0.1) is 0 Å². The van der Waals surface area contributed by atoms with Gasteiger partial charge in [-0.15, -0.1) is 0 Å². The van der Waals surface area contributed by atoms with Gasteiger partial charge in [-0.25, -0.2) is 0 Å². The van der Waals surface area contributed by atoms with E-state index in [1.165, 1.54) is 6.08 Å². The third-order valence-corrected chi connectivity index (χ3v) is 3.65. The molecule has 1 N–H and O–H groups in total. The van der Waals surface area contributed by atoms with E-state index < -0.39 is 0 Å². The molecule has 1 fully saturated rings. The van der Waals surface area contributed by atoms with Crippen molar-refractivity contribution in [2.75, 3.05) is 39.3 Å². The highest BCUT2D eigenvalue weighted by molar-refractivity contribution is 5.91. The lowest BCUT2D eigenvalue weighted by molar-refractivity contribution is -0.145. The first-order valence-electron chi connectivity index (χ1n) is 7.72. The Kier molecular flexibility index (Phi) is 6.17. The van der Waals surface area contributed by atoms with Crippen LogP contribution in [0.3, 0.4) is 0 Å². The standard InChI is InChI=1S/C17H22N2O4/c1-2-23-17(22)13-18-9-11-19(12-10-18)16(21)8-5-14-3-6-15(20)7-4-14/h3-8,20H,2,9-13H2,1H3/b8-5+. The van der Waals surface area contributed by atoms with Crippen molar-refractivity contribution in [3.8, 4) is 5.75 Å². The SMILES string of the molecule is CCOC(=O)CN1CCN(C(=O)/C=C/c2ccc(O)cc2)CC1. The molecule has 0 unspecified atom stereocenters.